The lowest BCUT2D eigenvalue weighted by Crippen LogP contribution is -2.26. The number of fused-ring (bicyclic) bond motifs is 2. The van der Waals surface area contributed by atoms with Crippen LogP contribution in [0.3, 0.4) is 0 Å². The Morgan fingerprint density at radius 2 is 2.32 bits per heavy atom. The maximum absolute atomic E-state index is 11.1. The van der Waals surface area contributed by atoms with Crippen molar-refractivity contribution in [2.24, 2.45) is 11.8 Å². The molecule has 0 spiro atoms. The zero-order valence-corrected chi connectivity index (χ0v) is 10.4. The van der Waals surface area contributed by atoms with Crippen molar-refractivity contribution in [2.45, 2.75) is 31.7 Å². The van der Waals surface area contributed by atoms with E-state index in [9.17, 15) is 10.1 Å². The van der Waals surface area contributed by atoms with Crippen LogP contribution in [0.4, 0.5) is 11.5 Å². The molecule has 0 saturated heterocycles. The largest absolute Gasteiger partial charge is 0.361 e. The second-order valence-electron chi connectivity index (χ2n) is 5.35. The molecular formula is C13H14N4O2. The van der Waals surface area contributed by atoms with Crippen LogP contribution in [-0.4, -0.2) is 15.9 Å². The number of nitrogens with zero attached hydrogens (tertiary/aromatic N) is 3. The van der Waals surface area contributed by atoms with Crippen molar-refractivity contribution >= 4 is 11.5 Å². The topological polar surface area (TPSA) is 91.8 Å². The van der Waals surface area contributed by atoms with Crippen LogP contribution in [0.5, 0.6) is 0 Å². The average Bonchev–Trinajstić information content (AvgIpc) is 3.00. The Labute approximate surface area is 110 Å². The fourth-order valence-corrected chi connectivity index (χ4v) is 3.43. The first-order chi connectivity index (χ1) is 9.19. The van der Waals surface area contributed by atoms with E-state index >= 15 is 0 Å². The van der Waals surface area contributed by atoms with Gasteiger partial charge in [0.2, 0.25) is 5.82 Å². The lowest BCUT2D eigenvalue weighted by Gasteiger charge is -2.23. The predicted octanol–water partition coefficient (Wildman–Crippen LogP) is 2.46. The zero-order valence-electron chi connectivity index (χ0n) is 10.4. The molecule has 6 nitrogen and oxygen atoms in total. The number of pyridine rings is 1. The van der Waals surface area contributed by atoms with Crippen LogP contribution in [0.1, 0.15) is 31.2 Å². The van der Waals surface area contributed by atoms with Crippen molar-refractivity contribution in [2.75, 3.05) is 5.32 Å². The first-order valence-electron chi connectivity index (χ1n) is 6.49. The van der Waals surface area contributed by atoms with Crippen molar-refractivity contribution in [3.8, 4) is 6.07 Å². The Balaban J connectivity index is 1.89. The van der Waals surface area contributed by atoms with Gasteiger partial charge in [0.15, 0.2) is 0 Å². The van der Waals surface area contributed by atoms with Gasteiger partial charge < -0.3 is 5.32 Å². The van der Waals surface area contributed by atoms with Crippen molar-refractivity contribution in [1.29, 1.82) is 5.26 Å². The van der Waals surface area contributed by atoms with E-state index in [1.54, 1.807) is 0 Å². The van der Waals surface area contributed by atoms with Crippen molar-refractivity contribution in [1.82, 2.24) is 4.98 Å². The number of hydrogen-bond acceptors (Lipinski definition) is 5. The molecular weight excluding hydrogens is 244 g/mol. The number of nitro groups is 1. The van der Waals surface area contributed by atoms with Gasteiger partial charge in [0.1, 0.15) is 11.6 Å². The van der Waals surface area contributed by atoms with Crippen LogP contribution in [-0.2, 0) is 0 Å². The zero-order chi connectivity index (χ0) is 13.4. The van der Waals surface area contributed by atoms with Gasteiger partial charge in [-0.15, -0.1) is 0 Å². The minimum Gasteiger partial charge on any atom is -0.361 e. The van der Waals surface area contributed by atoms with Crippen LogP contribution < -0.4 is 5.32 Å². The normalized spacial score (nSPS) is 28.1. The summed E-state index contributed by atoms with van der Waals surface area (Å²) < 4.78 is 0. The smallest absolute Gasteiger partial charge is 0.328 e. The van der Waals surface area contributed by atoms with Gasteiger partial charge in [-0.25, -0.2) is 4.98 Å². The lowest BCUT2D eigenvalue weighted by molar-refractivity contribution is -0.384. The summed E-state index contributed by atoms with van der Waals surface area (Å²) in [5.41, 5.74) is -0.140. The van der Waals surface area contributed by atoms with E-state index in [0.29, 0.717) is 5.92 Å². The third kappa shape index (κ3) is 2.01. The van der Waals surface area contributed by atoms with Crippen molar-refractivity contribution < 1.29 is 4.92 Å². The molecule has 3 rings (SSSR count). The number of hydrogen-bond donors (Lipinski definition) is 1. The molecule has 0 amide bonds. The Kier molecular flexibility index (Phi) is 2.82. The second kappa shape index (κ2) is 4.50. The summed E-state index contributed by atoms with van der Waals surface area (Å²) in [6.07, 6.45) is 6.18. The summed E-state index contributed by atoms with van der Waals surface area (Å²) in [5.74, 6) is 1.58. The van der Waals surface area contributed by atoms with Gasteiger partial charge in [0, 0.05) is 12.2 Å². The van der Waals surface area contributed by atoms with Gasteiger partial charge >= 0.3 is 5.69 Å². The maximum Gasteiger partial charge on any atom is 0.328 e. The van der Waals surface area contributed by atoms with Gasteiger partial charge in [0.05, 0.1) is 4.92 Å². The standard InChI is InChI=1S/C13H14N4O2/c14-7-10-3-4-15-13(12(10)17(18)19)16-11-6-8-1-2-9(11)5-8/h3-4,8-9,11H,1-2,5-6H2,(H,15,16). The first kappa shape index (κ1) is 11.9. The third-order valence-corrected chi connectivity index (χ3v) is 4.29. The molecule has 1 heterocycles. The molecule has 2 bridgehead atoms. The molecule has 1 N–H and O–H groups in total. The first-order valence-corrected chi connectivity index (χ1v) is 6.49. The summed E-state index contributed by atoms with van der Waals surface area (Å²) >= 11 is 0. The molecule has 1 aromatic rings. The number of aromatic nitrogens is 1. The van der Waals surface area contributed by atoms with Gasteiger partial charge in [-0.05, 0) is 37.2 Å². The van der Waals surface area contributed by atoms with Crippen LogP contribution in [0.25, 0.3) is 0 Å². The van der Waals surface area contributed by atoms with Crippen molar-refractivity contribution in [3.63, 3.8) is 0 Å². The highest BCUT2D eigenvalue weighted by Crippen LogP contribution is 2.46. The van der Waals surface area contributed by atoms with E-state index < -0.39 is 4.92 Å². The van der Waals surface area contributed by atoms with Crippen LogP contribution in [0.15, 0.2) is 12.3 Å². The van der Waals surface area contributed by atoms with E-state index in [1.165, 1.54) is 31.5 Å². The molecule has 0 radical (unpaired) electrons. The van der Waals surface area contributed by atoms with Gasteiger partial charge in [-0.1, -0.05) is 6.42 Å². The number of anilines is 1. The highest BCUT2D eigenvalue weighted by Gasteiger charge is 2.40. The summed E-state index contributed by atoms with van der Waals surface area (Å²) in [7, 11) is 0. The van der Waals surface area contributed by atoms with Gasteiger partial charge in [-0.2, -0.15) is 5.26 Å². The summed E-state index contributed by atoms with van der Waals surface area (Å²) in [4.78, 5) is 14.6. The molecule has 2 saturated carbocycles. The van der Waals surface area contributed by atoms with E-state index in [-0.39, 0.29) is 23.1 Å². The van der Waals surface area contributed by atoms with Crippen LogP contribution in [0.2, 0.25) is 0 Å². The van der Waals surface area contributed by atoms with E-state index in [2.05, 4.69) is 10.3 Å². The maximum atomic E-state index is 11.1. The lowest BCUT2D eigenvalue weighted by atomic mass is 9.95. The predicted molar refractivity (Wildman–Crippen MR) is 68.5 cm³/mol. The average molecular weight is 258 g/mol. The molecule has 3 unspecified atom stereocenters. The highest BCUT2D eigenvalue weighted by molar-refractivity contribution is 5.64. The summed E-state index contributed by atoms with van der Waals surface area (Å²) in [5, 5.41) is 23.3. The monoisotopic (exact) mass is 258 g/mol. The van der Waals surface area contributed by atoms with Gasteiger partial charge in [0.25, 0.3) is 0 Å². The third-order valence-electron chi connectivity index (χ3n) is 4.29. The Hall–Kier alpha value is -2.16. The fraction of sp³-hybridized carbons (Fsp3) is 0.538. The Bertz CT molecular complexity index is 566. The van der Waals surface area contributed by atoms with Crippen LogP contribution in [0, 0.1) is 33.3 Å². The molecule has 19 heavy (non-hydrogen) atoms. The summed E-state index contributed by atoms with van der Waals surface area (Å²) in [6.45, 7) is 0. The van der Waals surface area contributed by atoms with Gasteiger partial charge in [-0.3, -0.25) is 10.1 Å². The Morgan fingerprint density at radius 3 is 2.89 bits per heavy atom. The molecule has 1 aromatic heterocycles. The van der Waals surface area contributed by atoms with E-state index in [0.717, 1.165) is 12.3 Å². The molecule has 98 valence electrons. The SMILES string of the molecule is N#Cc1ccnc(NC2CC3CCC2C3)c1[N+](=O)[O-]. The molecule has 2 fully saturated rings. The van der Waals surface area contributed by atoms with Crippen LogP contribution >= 0.6 is 0 Å². The highest BCUT2D eigenvalue weighted by atomic mass is 16.6. The van der Waals surface area contributed by atoms with E-state index in [1.807, 2.05) is 6.07 Å². The van der Waals surface area contributed by atoms with E-state index in [4.69, 9.17) is 5.26 Å². The second-order valence-corrected chi connectivity index (χ2v) is 5.35. The molecule has 0 aliphatic heterocycles. The van der Waals surface area contributed by atoms with Crippen molar-refractivity contribution in [3.05, 3.63) is 27.9 Å². The summed E-state index contributed by atoms with van der Waals surface area (Å²) in [6, 6.07) is 3.50. The molecule has 6 heteroatoms. The number of nitriles is 1. The quantitative estimate of drug-likeness (QED) is 0.664. The molecule has 2 aliphatic carbocycles. The molecule has 3 atom stereocenters. The number of rotatable bonds is 3. The number of nitrogens with one attached hydrogen (secondary N) is 1. The molecule has 0 aromatic carbocycles. The Morgan fingerprint density at radius 1 is 1.47 bits per heavy atom. The fourth-order valence-electron chi connectivity index (χ4n) is 3.43. The molecule has 2 aliphatic rings. The minimum atomic E-state index is -0.527. The minimum absolute atomic E-state index is 0.0608.